The molecule has 3 rings (SSSR count). The lowest BCUT2D eigenvalue weighted by Gasteiger charge is -2.14. The molecule has 0 radical (unpaired) electrons. The van der Waals surface area contributed by atoms with E-state index in [2.05, 4.69) is 40.3 Å². The second-order valence-electron chi connectivity index (χ2n) is 8.09. The highest BCUT2D eigenvalue weighted by molar-refractivity contribution is 9.10. The quantitative estimate of drug-likeness (QED) is 0.165. The number of esters is 1. The zero-order valence-corrected chi connectivity index (χ0v) is 21.6. The third-order valence-corrected chi connectivity index (χ3v) is 5.50. The van der Waals surface area contributed by atoms with E-state index >= 15 is 0 Å². The highest BCUT2D eigenvalue weighted by Crippen LogP contribution is 2.29. The van der Waals surface area contributed by atoms with E-state index in [0.29, 0.717) is 22.6 Å². The first-order valence-electron chi connectivity index (χ1n) is 11.0. The summed E-state index contributed by atoms with van der Waals surface area (Å²) in [4.78, 5) is 24.6. The van der Waals surface area contributed by atoms with Crippen molar-refractivity contribution in [2.45, 2.75) is 26.7 Å². The van der Waals surface area contributed by atoms with Gasteiger partial charge in [-0.2, -0.15) is 5.10 Å². The van der Waals surface area contributed by atoms with E-state index in [-0.39, 0.29) is 24.2 Å². The molecule has 35 heavy (non-hydrogen) atoms. The fourth-order valence-corrected chi connectivity index (χ4v) is 3.62. The number of ether oxygens (including phenoxy) is 3. The summed E-state index contributed by atoms with van der Waals surface area (Å²) < 4.78 is 17.3. The van der Waals surface area contributed by atoms with Gasteiger partial charge in [-0.05, 0) is 72.0 Å². The van der Waals surface area contributed by atoms with Crippen molar-refractivity contribution in [3.63, 3.8) is 0 Å². The summed E-state index contributed by atoms with van der Waals surface area (Å²) in [6, 6.07) is 17.8. The van der Waals surface area contributed by atoms with Crippen molar-refractivity contribution in [2.75, 3.05) is 13.7 Å². The van der Waals surface area contributed by atoms with Crippen LogP contribution in [0.1, 0.15) is 46.8 Å². The van der Waals surface area contributed by atoms with Crippen LogP contribution < -0.4 is 19.6 Å². The molecule has 0 unspecified atom stereocenters. The van der Waals surface area contributed by atoms with Gasteiger partial charge in [0.25, 0.3) is 5.91 Å². The first-order valence-corrected chi connectivity index (χ1v) is 11.8. The number of benzene rings is 3. The molecule has 0 saturated carbocycles. The van der Waals surface area contributed by atoms with Crippen LogP contribution in [-0.2, 0) is 4.79 Å². The van der Waals surface area contributed by atoms with E-state index < -0.39 is 5.97 Å². The Morgan fingerprint density at radius 2 is 1.83 bits per heavy atom. The number of carbonyl (C=O) groups is 2. The first-order chi connectivity index (χ1) is 16.8. The molecular formula is C27H27BrN2O5. The van der Waals surface area contributed by atoms with Gasteiger partial charge in [0.15, 0.2) is 18.1 Å². The molecular weight excluding hydrogens is 512 g/mol. The summed E-state index contributed by atoms with van der Waals surface area (Å²) >= 11 is 3.34. The van der Waals surface area contributed by atoms with Gasteiger partial charge in [-0.15, -0.1) is 0 Å². The van der Waals surface area contributed by atoms with Crippen LogP contribution in [0.3, 0.4) is 0 Å². The molecule has 3 aromatic carbocycles. The number of nitrogens with one attached hydrogen (secondary N) is 1. The van der Waals surface area contributed by atoms with Crippen LogP contribution in [0.25, 0.3) is 0 Å². The third kappa shape index (κ3) is 7.42. The normalized spacial score (nSPS) is 10.9. The van der Waals surface area contributed by atoms with Crippen molar-refractivity contribution in [1.82, 2.24) is 5.43 Å². The number of nitrogens with zero attached hydrogens (tertiary/aromatic N) is 1. The van der Waals surface area contributed by atoms with Gasteiger partial charge < -0.3 is 14.2 Å². The third-order valence-electron chi connectivity index (χ3n) is 5.00. The van der Waals surface area contributed by atoms with Crippen LogP contribution >= 0.6 is 15.9 Å². The highest BCUT2D eigenvalue weighted by Gasteiger charge is 2.13. The molecule has 0 aliphatic carbocycles. The van der Waals surface area contributed by atoms with E-state index in [1.165, 1.54) is 13.3 Å². The number of hydrazone groups is 1. The number of hydrogen-bond donors (Lipinski definition) is 1. The molecule has 7 nitrogen and oxygen atoms in total. The Morgan fingerprint density at radius 3 is 2.54 bits per heavy atom. The molecule has 1 N–H and O–H groups in total. The predicted molar refractivity (Wildman–Crippen MR) is 139 cm³/mol. The maximum atomic E-state index is 12.4. The van der Waals surface area contributed by atoms with Crippen LogP contribution in [0.4, 0.5) is 0 Å². The van der Waals surface area contributed by atoms with Gasteiger partial charge in [0.05, 0.1) is 18.9 Å². The SMILES string of the molecule is COc1cc(/C=N/NC(=O)COc2cc(C)ccc2C(C)C)ccc1OC(=O)c1cccc(Br)c1. The zero-order valence-electron chi connectivity index (χ0n) is 20.0. The first kappa shape index (κ1) is 26.0. The van der Waals surface area contributed by atoms with Gasteiger partial charge in [0.2, 0.25) is 0 Å². The molecule has 0 bridgehead atoms. The summed E-state index contributed by atoms with van der Waals surface area (Å²) in [5.74, 6) is 0.700. The Balaban J connectivity index is 1.59. The van der Waals surface area contributed by atoms with Crippen molar-refractivity contribution < 1.29 is 23.8 Å². The summed E-state index contributed by atoms with van der Waals surface area (Å²) in [7, 11) is 1.47. The Kier molecular flexibility index (Phi) is 9.03. The molecule has 1 amide bonds. The molecule has 0 aromatic heterocycles. The molecule has 0 atom stereocenters. The standard InChI is InChI=1S/C27H27BrN2O5/c1-17(2)22-10-8-18(3)12-24(22)34-16-26(31)30-29-15-19-9-11-23(25(13-19)33-4)35-27(32)20-6-5-7-21(28)14-20/h5-15,17H,16H2,1-4H3,(H,30,31)/b29-15+. The number of halogens is 1. The molecule has 3 aromatic rings. The maximum Gasteiger partial charge on any atom is 0.343 e. The number of hydrogen-bond acceptors (Lipinski definition) is 6. The lowest BCUT2D eigenvalue weighted by molar-refractivity contribution is -0.123. The monoisotopic (exact) mass is 538 g/mol. The van der Waals surface area contributed by atoms with Gasteiger partial charge in [0, 0.05) is 4.47 Å². The zero-order chi connectivity index (χ0) is 25.4. The lowest BCUT2D eigenvalue weighted by Crippen LogP contribution is -2.25. The molecule has 0 spiro atoms. The summed E-state index contributed by atoms with van der Waals surface area (Å²) in [5, 5.41) is 3.98. The molecule has 0 aliphatic heterocycles. The largest absolute Gasteiger partial charge is 0.493 e. The predicted octanol–water partition coefficient (Wildman–Crippen LogP) is 5.64. The van der Waals surface area contributed by atoms with Gasteiger partial charge in [-0.1, -0.05) is 48.0 Å². The average Bonchev–Trinajstić information content (AvgIpc) is 2.83. The van der Waals surface area contributed by atoms with Gasteiger partial charge in [-0.25, -0.2) is 10.2 Å². The number of aryl methyl sites for hydroxylation is 1. The van der Waals surface area contributed by atoms with E-state index in [4.69, 9.17) is 14.2 Å². The Labute approximate surface area is 213 Å². The topological polar surface area (TPSA) is 86.2 Å². The second kappa shape index (κ2) is 12.2. The van der Waals surface area contributed by atoms with Crippen molar-refractivity contribution in [3.8, 4) is 17.2 Å². The van der Waals surface area contributed by atoms with Crippen LogP contribution in [0.15, 0.2) is 70.2 Å². The average molecular weight is 539 g/mol. The summed E-state index contributed by atoms with van der Waals surface area (Å²) in [6.45, 7) is 5.96. The number of amides is 1. The smallest absolute Gasteiger partial charge is 0.343 e. The van der Waals surface area contributed by atoms with Gasteiger partial charge in [-0.3, -0.25) is 4.79 Å². The summed E-state index contributed by atoms with van der Waals surface area (Å²) in [5.41, 5.74) is 5.60. The minimum absolute atomic E-state index is 0.158. The molecule has 8 heteroatoms. The van der Waals surface area contributed by atoms with Crippen LogP contribution in [0, 0.1) is 6.92 Å². The fourth-order valence-electron chi connectivity index (χ4n) is 3.22. The maximum absolute atomic E-state index is 12.4. The van der Waals surface area contributed by atoms with Crippen molar-refractivity contribution in [2.24, 2.45) is 5.10 Å². The van der Waals surface area contributed by atoms with Crippen molar-refractivity contribution in [3.05, 3.63) is 87.4 Å². The molecule has 182 valence electrons. The number of rotatable bonds is 9. The Morgan fingerprint density at radius 1 is 1.03 bits per heavy atom. The Bertz CT molecular complexity index is 1240. The summed E-state index contributed by atoms with van der Waals surface area (Å²) in [6.07, 6.45) is 1.46. The van der Waals surface area contributed by atoms with Crippen molar-refractivity contribution in [1.29, 1.82) is 0 Å². The van der Waals surface area contributed by atoms with E-state index in [1.807, 2.05) is 31.2 Å². The molecule has 0 aliphatic rings. The van der Waals surface area contributed by atoms with Gasteiger partial charge in [0.1, 0.15) is 5.75 Å². The molecule has 0 heterocycles. The fraction of sp³-hybridized carbons (Fsp3) is 0.222. The lowest BCUT2D eigenvalue weighted by atomic mass is 10.0. The van der Waals surface area contributed by atoms with E-state index in [9.17, 15) is 9.59 Å². The second-order valence-corrected chi connectivity index (χ2v) is 9.00. The van der Waals surface area contributed by atoms with Crippen molar-refractivity contribution >= 4 is 34.0 Å². The van der Waals surface area contributed by atoms with Crippen LogP contribution in [-0.4, -0.2) is 31.8 Å². The highest BCUT2D eigenvalue weighted by atomic mass is 79.9. The minimum atomic E-state index is -0.507. The van der Waals surface area contributed by atoms with Crippen LogP contribution in [0.5, 0.6) is 17.2 Å². The van der Waals surface area contributed by atoms with E-state index in [1.54, 1.807) is 36.4 Å². The molecule has 0 saturated heterocycles. The minimum Gasteiger partial charge on any atom is -0.493 e. The van der Waals surface area contributed by atoms with Crippen LogP contribution in [0.2, 0.25) is 0 Å². The van der Waals surface area contributed by atoms with Gasteiger partial charge >= 0.3 is 5.97 Å². The Hall–Kier alpha value is -3.65. The molecule has 0 fully saturated rings. The number of carbonyl (C=O) groups excluding carboxylic acids is 2. The van der Waals surface area contributed by atoms with E-state index in [0.717, 1.165) is 15.6 Å². The number of methoxy groups -OCH3 is 1.